The molecule has 0 spiro atoms. The van der Waals surface area contributed by atoms with Crippen molar-refractivity contribution in [1.82, 2.24) is 19.9 Å². The van der Waals surface area contributed by atoms with Gasteiger partial charge in [0.1, 0.15) is 23.1 Å². The Morgan fingerprint density at radius 2 is 1.78 bits per heavy atom. The molecule has 1 aliphatic rings. The standard InChI is InChI=1S/C31H39BrN4O8S/c1-5-42-29(38)25(35-45(40,41)22-9-7-6-8-10-22)18-33-28(37)27-26(32)23-17-21(11-12-24(23)34-27)43-19-20-13-15-36(16-14-20)30(39)44-31(2,3)4/h6-12,17,20,25,34-35H,5,13-16,18-19H2,1-4H3,(H,33,37)/t25-/m0/s1. The minimum absolute atomic E-state index is 0.0201. The van der Waals surface area contributed by atoms with Crippen molar-refractivity contribution in [2.45, 2.75) is 57.1 Å². The summed E-state index contributed by atoms with van der Waals surface area (Å²) in [7, 11) is -4.05. The zero-order valence-electron chi connectivity index (χ0n) is 25.7. The largest absolute Gasteiger partial charge is 0.493 e. The minimum Gasteiger partial charge on any atom is -0.493 e. The second kappa shape index (κ2) is 14.6. The minimum atomic E-state index is -4.05. The topological polar surface area (TPSA) is 156 Å². The van der Waals surface area contributed by atoms with Gasteiger partial charge in [0.25, 0.3) is 5.91 Å². The van der Waals surface area contributed by atoms with E-state index in [1.807, 2.05) is 26.8 Å². The molecule has 3 aromatic rings. The van der Waals surface area contributed by atoms with Crippen LogP contribution >= 0.6 is 15.9 Å². The summed E-state index contributed by atoms with van der Waals surface area (Å²) < 4.78 is 45.1. The molecular weight excluding hydrogens is 668 g/mol. The van der Waals surface area contributed by atoms with Crippen molar-refractivity contribution in [2.24, 2.45) is 5.92 Å². The number of sulfonamides is 1. The van der Waals surface area contributed by atoms with Gasteiger partial charge in [-0.05, 0) is 92.7 Å². The van der Waals surface area contributed by atoms with Crippen LogP contribution in [0.15, 0.2) is 57.9 Å². The quantitative estimate of drug-likeness (QED) is 0.245. The first kappa shape index (κ1) is 34.3. The summed E-state index contributed by atoms with van der Waals surface area (Å²) in [6, 6.07) is 11.7. The first-order chi connectivity index (χ1) is 21.3. The van der Waals surface area contributed by atoms with E-state index >= 15 is 0 Å². The van der Waals surface area contributed by atoms with Gasteiger partial charge in [-0.1, -0.05) is 18.2 Å². The molecule has 1 aromatic heterocycles. The number of fused-ring (bicyclic) bond motifs is 1. The fraction of sp³-hybridized carbons (Fsp3) is 0.452. The Balaban J connectivity index is 1.36. The van der Waals surface area contributed by atoms with E-state index in [1.165, 1.54) is 12.1 Å². The Hall–Kier alpha value is -3.62. The number of ether oxygens (including phenoxy) is 3. The number of esters is 1. The predicted octanol–water partition coefficient (Wildman–Crippen LogP) is 4.60. The summed E-state index contributed by atoms with van der Waals surface area (Å²) in [6.07, 6.45) is 1.30. The number of aromatic nitrogens is 1. The Morgan fingerprint density at radius 3 is 2.42 bits per heavy atom. The number of piperidine rings is 1. The van der Waals surface area contributed by atoms with Crippen LogP contribution in [0.2, 0.25) is 0 Å². The van der Waals surface area contributed by atoms with Crippen molar-refractivity contribution in [3.05, 3.63) is 58.7 Å². The number of halogens is 1. The van der Waals surface area contributed by atoms with Gasteiger partial charge in [-0.15, -0.1) is 0 Å². The molecule has 244 valence electrons. The van der Waals surface area contributed by atoms with Crippen LogP contribution in [-0.2, 0) is 24.3 Å². The lowest BCUT2D eigenvalue weighted by atomic mass is 9.98. The Kier molecular flexibility index (Phi) is 11.2. The van der Waals surface area contributed by atoms with Gasteiger partial charge >= 0.3 is 12.1 Å². The highest BCUT2D eigenvalue weighted by Gasteiger charge is 2.29. The lowest BCUT2D eigenvalue weighted by Gasteiger charge is -2.33. The van der Waals surface area contributed by atoms with E-state index in [0.717, 1.165) is 12.8 Å². The number of nitrogens with zero attached hydrogens (tertiary/aromatic N) is 1. The van der Waals surface area contributed by atoms with E-state index in [1.54, 1.807) is 42.2 Å². The van der Waals surface area contributed by atoms with Crippen LogP contribution < -0.4 is 14.8 Å². The highest BCUT2D eigenvalue weighted by atomic mass is 79.9. The average molecular weight is 708 g/mol. The normalized spacial score (nSPS) is 15.0. The molecule has 2 amide bonds. The molecule has 1 aliphatic heterocycles. The summed E-state index contributed by atoms with van der Waals surface area (Å²) in [4.78, 5) is 42.8. The van der Waals surface area contributed by atoms with Gasteiger partial charge < -0.3 is 29.4 Å². The lowest BCUT2D eigenvalue weighted by molar-refractivity contribution is -0.144. The molecule has 1 fully saturated rings. The maximum atomic E-state index is 13.2. The van der Waals surface area contributed by atoms with E-state index in [9.17, 15) is 22.8 Å². The second-order valence-corrected chi connectivity index (χ2v) is 14.2. The second-order valence-electron chi connectivity index (χ2n) is 11.7. The Labute approximate surface area is 271 Å². The van der Waals surface area contributed by atoms with Gasteiger partial charge in [0.05, 0.1) is 22.6 Å². The number of rotatable bonds is 11. The number of H-pyrrole nitrogens is 1. The molecule has 0 unspecified atom stereocenters. The van der Waals surface area contributed by atoms with Gasteiger partial charge in [-0.25, -0.2) is 13.2 Å². The summed E-state index contributed by atoms with van der Waals surface area (Å²) in [6.45, 7) is 8.55. The van der Waals surface area contributed by atoms with Crippen LogP contribution in [0.25, 0.3) is 10.9 Å². The van der Waals surface area contributed by atoms with Gasteiger partial charge in [-0.2, -0.15) is 4.72 Å². The predicted molar refractivity (Wildman–Crippen MR) is 172 cm³/mol. The number of carbonyl (C=O) groups is 3. The van der Waals surface area contributed by atoms with Crippen LogP contribution in [0.5, 0.6) is 5.75 Å². The summed E-state index contributed by atoms with van der Waals surface area (Å²) in [5, 5.41) is 3.34. The third-order valence-corrected chi connectivity index (χ3v) is 9.39. The summed E-state index contributed by atoms with van der Waals surface area (Å²) in [5.41, 5.74) is 0.346. The lowest BCUT2D eigenvalue weighted by Crippen LogP contribution is -2.49. The SMILES string of the molecule is CCOC(=O)[C@H](CNC(=O)c1[nH]c2ccc(OCC3CCN(C(=O)OC(C)(C)C)CC3)cc2c1Br)NS(=O)(=O)c1ccccc1. The van der Waals surface area contributed by atoms with Gasteiger partial charge in [0.2, 0.25) is 10.0 Å². The molecule has 3 N–H and O–H groups in total. The molecule has 1 saturated heterocycles. The van der Waals surface area contributed by atoms with E-state index in [2.05, 4.69) is 31.0 Å². The monoisotopic (exact) mass is 706 g/mol. The molecule has 2 aromatic carbocycles. The summed E-state index contributed by atoms with van der Waals surface area (Å²) in [5.74, 6) is -0.459. The molecule has 0 saturated carbocycles. The number of benzene rings is 2. The van der Waals surface area contributed by atoms with Crippen LogP contribution in [0.3, 0.4) is 0 Å². The van der Waals surface area contributed by atoms with Gasteiger partial charge in [0, 0.05) is 30.5 Å². The van der Waals surface area contributed by atoms with E-state index < -0.39 is 33.5 Å². The zero-order chi connectivity index (χ0) is 32.8. The van der Waals surface area contributed by atoms with Gasteiger partial charge in [-0.3, -0.25) is 9.59 Å². The molecule has 0 radical (unpaired) electrons. The highest BCUT2D eigenvalue weighted by Crippen LogP contribution is 2.31. The first-order valence-corrected chi connectivity index (χ1v) is 17.0. The van der Waals surface area contributed by atoms with Crippen LogP contribution in [0, 0.1) is 5.92 Å². The first-order valence-electron chi connectivity index (χ1n) is 14.7. The molecule has 14 heteroatoms. The summed E-state index contributed by atoms with van der Waals surface area (Å²) >= 11 is 3.50. The fourth-order valence-corrected chi connectivity index (χ4v) is 6.57. The molecule has 1 atom stereocenters. The molecule has 4 rings (SSSR count). The number of aromatic amines is 1. The third-order valence-electron chi connectivity index (χ3n) is 7.07. The molecule has 12 nitrogen and oxygen atoms in total. The van der Waals surface area contributed by atoms with Crippen molar-refractivity contribution >= 4 is 54.8 Å². The van der Waals surface area contributed by atoms with Gasteiger partial charge in [0.15, 0.2) is 0 Å². The van der Waals surface area contributed by atoms with Crippen LogP contribution in [-0.4, -0.2) is 80.8 Å². The molecule has 2 heterocycles. The van der Waals surface area contributed by atoms with Crippen molar-refractivity contribution < 1.29 is 37.0 Å². The number of amides is 2. The Morgan fingerprint density at radius 1 is 1.09 bits per heavy atom. The maximum absolute atomic E-state index is 13.2. The van der Waals surface area contributed by atoms with E-state index in [-0.39, 0.29) is 35.8 Å². The number of hydrogen-bond acceptors (Lipinski definition) is 8. The number of hydrogen-bond donors (Lipinski definition) is 3. The number of likely N-dealkylation sites (tertiary alicyclic amines) is 1. The van der Waals surface area contributed by atoms with Crippen LogP contribution in [0.4, 0.5) is 4.79 Å². The number of carbonyl (C=O) groups excluding carboxylic acids is 3. The van der Waals surface area contributed by atoms with E-state index in [0.29, 0.717) is 40.8 Å². The zero-order valence-corrected chi connectivity index (χ0v) is 28.1. The van der Waals surface area contributed by atoms with Crippen LogP contribution in [0.1, 0.15) is 51.0 Å². The number of nitrogens with one attached hydrogen (secondary N) is 3. The maximum Gasteiger partial charge on any atom is 0.410 e. The third kappa shape index (κ3) is 9.21. The molecule has 45 heavy (non-hydrogen) atoms. The van der Waals surface area contributed by atoms with E-state index in [4.69, 9.17) is 14.2 Å². The average Bonchev–Trinajstić information content (AvgIpc) is 3.33. The molecule has 0 bridgehead atoms. The highest BCUT2D eigenvalue weighted by molar-refractivity contribution is 9.10. The Bertz CT molecular complexity index is 1610. The fourth-order valence-electron chi connectivity index (χ4n) is 4.76. The smallest absolute Gasteiger partial charge is 0.410 e. The van der Waals surface area contributed by atoms with Crippen molar-refractivity contribution in [3.63, 3.8) is 0 Å². The van der Waals surface area contributed by atoms with Crippen molar-refractivity contribution in [1.29, 1.82) is 0 Å². The molecule has 0 aliphatic carbocycles. The van der Waals surface area contributed by atoms with Crippen molar-refractivity contribution in [3.8, 4) is 5.75 Å². The molecular formula is C31H39BrN4O8S. The van der Waals surface area contributed by atoms with Crippen molar-refractivity contribution in [2.75, 3.05) is 32.8 Å².